The first kappa shape index (κ1) is 11.4. The maximum absolute atomic E-state index is 9.16. The molecule has 1 aromatic heterocycles. The molecule has 1 N–H and O–H groups in total. The van der Waals surface area contributed by atoms with Crippen LogP contribution in [-0.4, -0.2) is 36.4 Å². The molecule has 0 spiro atoms. The van der Waals surface area contributed by atoms with Crippen molar-refractivity contribution < 1.29 is 9.84 Å². The van der Waals surface area contributed by atoms with Gasteiger partial charge in [-0.05, 0) is 31.0 Å². The Morgan fingerprint density at radius 2 is 2.38 bits per heavy atom. The van der Waals surface area contributed by atoms with Crippen molar-refractivity contribution in [2.45, 2.75) is 26.0 Å². The van der Waals surface area contributed by atoms with E-state index in [0.29, 0.717) is 6.04 Å². The predicted molar refractivity (Wildman–Crippen MR) is 62.5 cm³/mol. The highest BCUT2D eigenvalue weighted by Gasteiger charge is 2.21. The molecule has 0 aromatic carbocycles. The summed E-state index contributed by atoms with van der Waals surface area (Å²) in [5, 5.41) is 9.16. The molecule has 1 fully saturated rings. The van der Waals surface area contributed by atoms with E-state index < -0.39 is 0 Å². The summed E-state index contributed by atoms with van der Waals surface area (Å²) in [6.07, 6.45) is 1.04. The number of likely N-dealkylation sites (N-methyl/N-ethyl adjacent to an activating group) is 1. The number of aryl methyl sites for hydroxylation is 1. The monoisotopic (exact) mass is 222 g/mol. The Hall–Kier alpha value is -1.13. The molecule has 1 atom stereocenters. The molecule has 16 heavy (non-hydrogen) atoms. The van der Waals surface area contributed by atoms with Gasteiger partial charge < -0.3 is 14.7 Å². The molecule has 88 valence electrons. The van der Waals surface area contributed by atoms with Gasteiger partial charge in [0.2, 0.25) is 0 Å². The van der Waals surface area contributed by atoms with Crippen molar-refractivity contribution in [3.05, 3.63) is 23.4 Å². The molecule has 1 unspecified atom stereocenters. The number of nitrogens with zero attached hydrogens (tertiary/aromatic N) is 2. The van der Waals surface area contributed by atoms with E-state index in [2.05, 4.69) is 9.88 Å². The van der Waals surface area contributed by atoms with Crippen LogP contribution >= 0.6 is 0 Å². The zero-order valence-corrected chi connectivity index (χ0v) is 9.81. The Kier molecular flexibility index (Phi) is 3.41. The maximum Gasteiger partial charge on any atom is 0.129 e. The summed E-state index contributed by atoms with van der Waals surface area (Å²) in [6.45, 7) is 3.60. The molecule has 0 bridgehead atoms. The average molecular weight is 222 g/mol. The van der Waals surface area contributed by atoms with Gasteiger partial charge in [0.05, 0.1) is 19.3 Å². The second-order valence-electron chi connectivity index (χ2n) is 4.26. The van der Waals surface area contributed by atoms with Crippen LogP contribution in [0.1, 0.15) is 17.7 Å². The number of aliphatic hydroxyl groups is 1. The van der Waals surface area contributed by atoms with Crippen LogP contribution in [0.5, 0.6) is 0 Å². The van der Waals surface area contributed by atoms with Crippen LogP contribution in [0.2, 0.25) is 0 Å². The Labute approximate surface area is 95.9 Å². The molecule has 2 heterocycles. The second-order valence-corrected chi connectivity index (χ2v) is 4.26. The molecule has 1 aliphatic rings. The molecule has 1 aromatic rings. The van der Waals surface area contributed by atoms with E-state index in [1.54, 1.807) is 0 Å². The summed E-state index contributed by atoms with van der Waals surface area (Å²) >= 11 is 0. The highest BCUT2D eigenvalue weighted by atomic mass is 16.5. The quantitative estimate of drug-likeness (QED) is 0.832. The minimum atomic E-state index is 0.0609. The molecule has 1 saturated heterocycles. The molecule has 4 heteroatoms. The highest BCUT2D eigenvalue weighted by Crippen LogP contribution is 2.20. The lowest BCUT2D eigenvalue weighted by molar-refractivity contribution is 0.193. The van der Waals surface area contributed by atoms with E-state index in [1.807, 2.05) is 26.1 Å². The Morgan fingerprint density at radius 1 is 1.56 bits per heavy atom. The first-order valence-corrected chi connectivity index (χ1v) is 5.59. The first-order valence-electron chi connectivity index (χ1n) is 5.59. The van der Waals surface area contributed by atoms with Crippen molar-refractivity contribution in [1.29, 1.82) is 0 Å². The van der Waals surface area contributed by atoms with E-state index >= 15 is 0 Å². The van der Waals surface area contributed by atoms with Crippen molar-refractivity contribution in [2.24, 2.45) is 0 Å². The van der Waals surface area contributed by atoms with Crippen LogP contribution < -0.4 is 4.90 Å². The molecular weight excluding hydrogens is 204 g/mol. The third kappa shape index (κ3) is 2.33. The van der Waals surface area contributed by atoms with Gasteiger partial charge in [0, 0.05) is 19.3 Å². The normalized spacial score (nSPS) is 20.1. The van der Waals surface area contributed by atoms with Crippen molar-refractivity contribution in [3.8, 4) is 0 Å². The smallest absolute Gasteiger partial charge is 0.129 e. The number of aliphatic hydroxyl groups excluding tert-OH is 1. The van der Waals surface area contributed by atoms with Crippen LogP contribution in [0.25, 0.3) is 0 Å². The zero-order chi connectivity index (χ0) is 11.5. The molecule has 0 saturated carbocycles. The van der Waals surface area contributed by atoms with Gasteiger partial charge in [-0.25, -0.2) is 4.98 Å². The lowest BCUT2D eigenvalue weighted by Gasteiger charge is -2.25. The molecule has 0 amide bonds. The second kappa shape index (κ2) is 4.80. The molecule has 1 aliphatic heterocycles. The van der Waals surface area contributed by atoms with Gasteiger partial charge in [-0.2, -0.15) is 0 Å². The number of aromatic nitrogens is 1. The third-order valence-corrected chi connectivity index (χ3v) is 3.00. The van der Waals surface area contributed by atoms with Crippen LogP contribution in [-0.2, 0) is 11.3 Å². The summed E-state index contributed by atoms with van der Waals surface area (Å²) < 4.78 is 5.37. The highest BCUT2D eigenvalue weighted by molar-refractivity contribution is 5.43. The Morgan fingerprint density at radius 3 is 3.00 bits per heavy atom. The minimum Gasteiger partial charge on any atom is -0.392 e. The van der Waals surface area contributed by atoms with E-state index in [4.69, 9.17) is 9.84 Å². The predicted octanol–water partition coefficient (Wildman–Crippen LogP) is 1.11. The third-order valence-electron chi connectivity index (χ3n) is 3.00. The fourth-order valence-corrected chi connectivity index (χ4v) is 2.01. The SMILES string of the molecule is Cc1cc(CO)cc(N(C)C2CCOC2)n1. The molecule has 0 radical (unpaired) electrons. The van der Waals surface area contributed by atoms with Gasteiger partial charge in [0.15, 0.2) is 0 Å². The summed E-state index contributed by atoms with van der Waals surface area (Å²) in [5.41, 5.74) is 1.85. The number of anilines is 1. The number of rotatable bonds is 3. The van der Waals surface area contributed by atoms with Crippen molar-refractivity contribution in [3.63, 3.8) is 0 Å². The average Bonchev–Trinajstić information content (AvgIpc) is 2.80. The van der Waals surface area contributed by atoms with Crippen molar-refractivity contribution in [1.82, 2.24) is 4.98 Å². The fourth-order valence-electron chi connectivity index (χ4n) is 2.01. The summed E-state index contributed by atoms with van der Waals surface area (Å²) in [5.74, 6) is 0.916. The minimum absolute atomic E-state index is 0.0609. The molecule has 4 nitrogen and oxygen atoms in total. The number of ether oxygens (including phenoxy) is 1. The van der Waals surface area contributed by atoms with E-state index in [9.17, 15) is 0 Å². The van der Waals surface area contributed by atoms with Gasteiger partial charge in [-0.1, -0.05) is 0 Å². The van der Waals surface area contributed by atoms with Crippen LogP contribution in [0.3, 0.4) is 0 Å². The maximum atomic E-state index is 9.16. The topological polar surface area (TPSA) is 45.6 Å². The summed E-state index contributed by atoms with van der Waals surface area (Å²) in [4.78, 5) is 6.62. The van der Waals surface area contributed by atoms with Gasteiger partial charge in [0.1, 0.15) is 5.82 Å². The van der Waals surface area contributed by atoms with Crippen molar-refractivity contribution in [2.75, 3.05) is 25.2 Å². The van der Waals surface area contributed by atoms with Gasteiger partial charge in [-0.15, -0.1) is 0 Å². The lowest BCUT2D eigenvalue weighted by Crippen LogP contribution is -2.32. The van der Waals surface area contributed by atoms with Crippen LogP contribution in [0, 0.1) is 6.92 Å². The number of pyridine rings is 1. The summed E-state index contributed by atoms with van der Waals surface area (Å²) in [7, 11) is 2.03. The van der Waals surface area contributed by atoms with Crippen LogP contribution in [0.4, 0.5) is 5.82 Å². The molecule has 0 aliphatic carbocycles. The number of hydrogen-bond acceptors (Lipinski definition) is 4. The Bertz CT molecular complexity index is 362. The van der Waals surface area contributed by atoms with Gasteiger partial charge in [-0.3, -0.25) is 0 Å². The van der Waals surface area contributed by atoms with Gasteiger partial charge >= 0.3 is 0 Å². The standard InChI is InChI=1S/C12H18N2O2/c1-9-5-10(7-15)6-12(13-9)14(2)11-3-4-16-8-11/h5-6,11,15H,3-4,7-8H2,1-2H3. The fraction of sp³-hybridized carbons (Fsp3) is 0.583. The molecule has 2 rings (SSSR count). The van der Waals surface area contributed by atoms with Crippen molar-refractivity contribution >= 4 is 5.82 Å². The van der Waals surface area contributed by atoms with E-state index in [-0.39, 0.29) is 6.61 Å². The first-order chi connectivity index (χ1) is 7.70. The Balaban J connectivity index is 2.21. The summed E-state index contributed by atoms with van der Waals surface area (Å²) in [6, 6.07) is 4.24. The number of hydrogen-bond donors (Lipinski definition) is 1. The van der Waals surface area contributed by atoms with E-state index in [0.717, 1.165) is 36.7 Å². The lowest BCUT2D eigenvalue weighted by atomic mass is 10.2. The largest absolute Gasteiger partial charge is 0.392 e. The van der Waals surface area contributed by atoms with Gasteiger partial charge in [0.25, 0.3) is 0 Å². The van der Waals surface area contributed by atoms with E-state index in [1.165, 1.54) is 0 Å². The van der Waals surface area contributed by atoms with Crippen LogP contribution in [0.15, 0.2) is 12.1 Å². The molecular formula is C12H18N2O2. The zero-order valence-electron chi connectivity index (χ0n) is 9.81.